The van der Waals surface area contributed by atoms with Gasteiger partial charge in [0, 0.05) is 25.3 Å². The first-order chi connectivity index (χ1) is 10.1. The van der Waals surface area contributed by atoms with E-state index in [-0.39, 0.29) is 0 Å². The van der Waals surface area contributed by atoms with Crippen molar-refractivity contribution in [3.05, 3.63) is 18.2 Å². The van der Waals surface area contributed by atoms with Gasteiger partial charge in [0.05, 0.1) is 38.2 Å². The number of rotatable bonds is 7. The van der Waals surface area contributed by atoms with Gasteiger partial charge in [-0.15, -0.1) is 0 Å². The molecule has 1 heterocycles. The summed E-state index contributed by atoms with van der Waals surface area (Å²) >= 11 is 0. The topological polar surface area (TPSA) is 85.3 Å². The molecule has 0 aromatic heterocycles. The van der Waals surface area contributed by atoms with Crippen LogP contribution in [0.5, 0.6) is 0 Å². The molecule has 1 saturated heterocycles. The van der Waals surface area contributed by atoms with Crippen molar-refractivity contribution < 1.29 is 9.22 Å². The summed E-state index contributed by atoms with van der Waals surface area (Å²) in [5.74, 6) is 0. The van der Waals surface area contributed by atoms with Crippen LogP contribution in [0.15, 0.2) is 18.2 Å². The third kappa shape index (κ3) is 5.08. The predicted octanol–water partition coefficient (Wildman–Crippen LogP) is 0.329. The molecule has 0 amide bonds. The number of ether oxygens (including phenoxy) is 1. The highest BCUT2D eigenvalue weighted by atomic mass is 16.5. The van der Waals surface area contributed by atoms with Crippen molar-refractivity contribution in [3.63, 3.8) is 0 Å². The van der Waals surface area contributed by atoms with E-state index >= 15 is 0 Å². The lowest BCUT2D eigenvalue weighted by Crippen LogP contribution is -2.54. The highest BCUT2D eigenvalue weighted by Crippen LogP contribution is 2.20. The Morgan fingerprint density at radius 1 is 1.14 bits per heavy atom. The Hall–Kier alpha value is -1.50. The molecule has 0 spiro atoms. The van der Waals surface area contributed by atoms with E-state index in [1.807, 2.05) is 12.1 Å². The number of nitrogen functional groups attached to an aromatic ring is 2. The smallest absolute Gasteiger partial charge is 0.102 e. The molecule has 0 saturated carbocycles. The minimum absolute atomic E-state index is 0.693. The second kappa shape index (κ2) is 7.49. The molecular formula is C15H28N5O+. The van der Waals surface area contributed by atoms with Gasteiger partial charge in [0.2, 0.25) is 0 Å². The molecular weight excluding hydrogens is 266 g/mol. The molecule has 6 N–H and O–H groups in total. The molecule has 21 heavy (non-hydrogen) atoms. The van der Waals surface area contributed by atoms with Crippen LogP contribution in [0.1, 0.15) is 0 Å². The fourth-order valence-electron chi connectivity index (χ4n) is 2.51. The molecule has 1 fully saturated rings. The third-order valence-electron chi connectivity index (χ3n) is 4.07. The Morgan fingerprint density at radius 3 is 2.62 bits per heavy atom. The number of quaternary nitrogens is 1. The van der Waals surface area contributed by atoms with Gasteiger partial charge in [-0.05, 0) is 18.2 Å². The molecule has 0 unspecified atom stereocenters. The molecule has 1 aliphatic rings. The SMILES string of the molecule is C[N+]1(CCNCCNc2ccc(N)cc2N)CCOCC1. The Bertz CT molecular complexity index is 446. The normalized spacial score (nSPS) is 17.6. The Balaban J connectivity index is 1.59. The van der Waals surface area contributed by atoms with Gasteiger partial charge in [-0.2, -0.15) is 0 Å². The van der Waals surface area contributed by atoms with E-state index < -0.39 is 0 Å². The lowest BCUT2D eigenvalue weighted by Gasteiger charge is -2.37. The number of nitrogens with zero attached hydrogens (tertiary/aromatic N) is 1. The average Bonchev–Trinajstić information content (AvgIpc) is 2.45. The fraction of sp³-hybridized carbons (Fsp3) is 0.600. The van der Waals surface area contributed by atoms with Crippen molar-refractivity contribution in [3.8, 4) is 0 Å². The van der Waals surface area contributed by atoms with E-state index in [4.69, 9.17) is 16.2 Å². The summed E-state index contributed by atoms with van der Waals surface area (Å²) in [4.78, 5) is 0. The summed E-state index contributed by atoms with van der Waals surface area (Å²) in [5.41, 5.74) is 13.9. The summed E-state index contributed by atoms with van der Waals surface area (Å²) < 4.78 is 6.51. The lowest BCUT2D eigenvalue weighted by atomic mass is 10.2. The van der Waals surface area contributed by atoms with Gasteiger partial charge in [0.1, 0.15) is 13.1 Å². The van der Waals surface area contributed by atoms with Crippen molar-refractivity contribution in [1.29, 1.82) is 0 Å². The molecule has 118 valence electrons. The van der Waals surface area contributed by atoms with Gasteiger partial charge in [-0.1, -0.05) is 0 Å². The summed E-state index contributed by atoms with van der Waals surface area (Å²) in [7, 11) is 2.30. The van der Waals surface area contributed by atoms with Crippen molar-refractivity contribution in [2.45, 2.75) is 0 Å². The molecule has 0 bridgehead atoms. The number of hydrogen-bond donors (Lipinski definition) is 4. The van der Waals surface area contributed by atoms with Gasteiger partial charge in [-0.3, -0.25) is 0 Å². The van der Waals surface area contributed by atoms with Crippen molar-refractivity contribution in [1.82, 2.24) is 5.32 Å². The van der Waals surface area contributed by atoms with Crippen LogP contribution in [0.25, 0.3) is 0 Å². The van der Waals surface area contributed by atoms with Crippen LogP contribution in [0.3, 0.4) is 0 Å². The van der Waals surface area contributed by atoms with Crippen molar-refractivity contribution >= 4 is 17.1 Å². The maximum atomic E-state index is 5.90. The monoisotopic (exact) mass is 294 g/mol. The largest absolute Gasteiger partial charge is 0.399 e. The number of benzene rings is 1. The standard InChI is InChI=1S/C15H28N5O/c1-20(8-10-21-11-9-20)7-6-18-4-5-19-15-3-2-13(16)12-14(15)17/h2-3,12,18-19H,4-11,16-17H2,1H3/q+1. The quantitative estimate of drug-likeness (QED) is 0.331. The van der Waals surface area contributed by atoms with Gasteiger partial charge in [-0.25, -0.2) is 0 Å². The highest BCUT2D eigenvalue weighted by Gasteiger charge is 2.24. The van der Waals surface area contributed by atoms with Gasteiger partial charge >= 0.3 is 0 Å². The molecule has 6 nitrogen and oxygen atoms in total. The first-order valence-electron chi connectivity index (χ1n) is 7.60. The van der Waals surface area contributed by atoms with E-state index in [9.17, 15) is 0 Å². The van der Waals surface area contributed by atoms with Crippen LogP contribution >= 0.6 is 0 Å². The van der Waals surface area contributed by atoms with Crippen LogP contribution in [-0.2, 0) is 4.74 Å². The lowest BCUT2D eigenvalue weighted by molar-refractivity contribution is -0.915. The van der Waals surface area contributed by atoms with Crippen LogP contribution in [0.4, 0.5) is 17.1 Å². The maximum Gasteiger partial charge on any atom is 0.102 e. The minimum atomic E-state index is 0.693. The number of likely N-dealkylation sites (N-methyl/N-ethyl adjacent to an activating group) is 1. The summed E-state index contributed by atoms with van der Waals surface area (Å²) in [6.07, 6.45) is 0. The van der Waals surface area contributed by atoms with E-state index in [0.29, 0.717) is 11.4 Å². The van der Waals surface area contributed by atoms with Crippen molar-refractivity contribution in [2.75, 3.05) is 76.3 Å². The van der Waals surface area contributed by atoms with E-state index in [1.165, 1.54) is 0 Å². The summed E-state index contributed by atoms with van der Waals surface area (Å²) in [6.45, 7) is 7.93. The number of morpholine rings is 1. The van der Waals surface area contributed by atoms with Crippen LogP contribution in [0.2, 0.25) is 0 Å². The van der Waals surface area contributed by atoms with Gasteiger partial charge in [0.25, 0.3) is 0 Å². The van der Waals surface area contributed by atoms with Crippen LogP contribution in [0, 0.1) is 0 Å². The number of hydrogen-bond acceptors (Lipinski definition) is 5. The zero-order chi connectivity index (χ0) is 15.1. The fourth-order valence-corrected chi connectivity index (χ4v) is 2.51. The first kappa shape index (κ1) is 15.9. The Kier molecular flexibility index (Phi) is 5.67. The number of nitrogens with two attached hydrogens (primary N) is 2. The van der Waals surface area contributed by atoms with E-state index in [2.05, 4.69) is 17.7 Å². The van der Waals surface area contributed by atoms with Crippen molar-refractivity contribution in [2.24, 2.45) is 0 Å². The van der Waals surface area contributed by atoms with Gasteiger partial charge in [0.15, 0.2) is 0 Å². The third-order valence-corrected chi connectivity index (χ3v) is 4.07. The maximum absolute atomic E-state index is 5.90. The van der Waals surface area contributed by atoms with E-state index in [0.717, 1.165) is 62.7 Å². The molecule has 2 rings (SSSR count). The Morgan fingerprint density at radius 2 is 1.90 bits per heavy atom. The second-order valence-corrected chi connectivity index (χ2v) is 5.93. The summed E-state index contributed by atoms with van der Waals surface area (Å²) in [5, 5.41) is 6.79. The predicted molar refractivity (Wildman–Crippen MR) is 88.2 cm³/mol. The van der Waals surface area contributed by atoms with Crippen LogP contribution in [-0.4, -0.2) is 64.0 Å². The minimum Gasteiger partial charge on any atom is -0.399 e. The molecule has 1 aromatic carbocycles. The molecule has 6 heteroatoms. The zero-order valence-electron chi connectivity index (χ0n) is 12.9. The first-order valence-corrected chi connectivity index (χ1v) is 7.60. The highest BCUT2D eigenvalue weighted by molar-refractivity contribution is 5.70. The zero-order valence-corrected chi connectivity index (χ0v) is 12.9. The van der Waals surface area contributed by atoms with E-state index in [1.54, 1.807) is 6.07 Å². The summed E-state index contributed by atoms with van der Waals surface area (Å²) in [6, 6.07) is 5.55. The molecule has 1 aliphatic heterocycles. The Labute approximate surface area is 127 Å². The van der Waals surface area contributed by atoms with Crippen LogP contribution < -0.4 is 22.1 Å². The second-order valence-electron chi connectivity index (χ2n) is 5.93. The average molecular weight is 294 g/mol. The number of anilines is 3. The number of nitrogens with one attached hydrogen (secondary N) is 2. The molecule has 0 aliphatic carbocycles. The molecule has 1 aromatic rings. The molecule has 0 radical (unpaired) electrons. The molecule has 0 atom stereocenters. The van der Waals surface area contributed by atoms with Gasteiger partial charge < -0.3 is 31.3 Å².